The number of halogens is 1. The average molecular weight is 222 g/mol. The lowest BCUT2D eigenvalue weighted by atomic mass is 9.97. The van der Waals surface area contributed by atoms with Crippen LogP contribution in [0, 0.1) is 5.82 Å². The van der Waals surface area contributed by atoms with E-state index in [0.29, 0.717) is 18.4 Å². The molecule has 3 nitrogen and oxygen atoms in total. The first-order valence-electron chi connectivity index (χ1n) is 5.22. The molecule has 0 N–H and O–H groups in total. The van der Waals surface area contributed by atoms with E-state index < -0.39 is 11.7 Å². The fourth-order valence-corrected chi connectivity index (χ4v) is 2.57. The largest absolute Gasteiger partial charge is 0.467 e. The van der Waals surface area contributed by atoms with Crippen LogP contribution in [0.2, 0.25) is 0 Å². The van der Waals surface area contributed by atoms with Crippen molar-refractivity contribution < 1.29 is 18.7 Å². The van der Waals surface area contributed by atoms with Crippen molar-refractivity contribution in [3.05, 3.63) is 35.1 Å². The number of methoxy groups -OCH3 is 1. The van der Waals surface area contributed by atoms with E-state index in [1.807, 2.05) is 6.07 Å². The highest BCUT2D eigenvalue weighted by Crippen LogP contribution is 2.55. The van der Waals surface area contributed by atoms with E-state index in [-0.39, 0.29) is 11.8 Å². The zero-order valence-electron chi connectivity index (χ0n) is 8.83. The molecule has 0 amide bonds. The topological polar surface area (TPSA) is 38.8 Å². The third-order valence-electron chi connectivity index (χ3n) is 3.43. The van der Waals surface area contributed by atoms with Crippen molar-refractivity contribution in [3.8, 4) is 0 Å². The van der Waals surface area contributed by atoms with E-state index in [9.17, 15) is 9.18 Å². The second kappa shape index (κ2) is 3.04. The number of hydrogen-bond donors (Lipinski definition) is 0. The van der Waals surface area contributed by atoms with E-state index in [4.69, 9.17) is 4.74 Å². The van der Waals surface area contributed by atoms with Crippen molar-refractivity contribution in [1.82, 2.24) is 0 Å². The van der Waals surface area contributed by atoms with Gasteiger partial charge < -0.3 is 9.47 Å². The second-order valence-electron chi connectivity index (χ2n) is 4.18. The van der Waals surface area contributed by atoms with Crippen molar-refractivity contribution in [2.45, 2.75) is 24.5 Å². The molecule has 1 fully saturated rings. The quantitative estimate of drug-likeness (QED) is 0.534. The molecule has 0 aromatic heterocycles. The molecule has 2 atom stereocenters. The molecule has 0 saturated carbocycles. The molecule has 4 heteroatoms. The maximum Gasteiger partial charge on any atom is 0.338 e. The van der Waals surface area contributed by atoms with E-state index in [2.05, 4.69) is 4.74 Å². The normalized spacial score (nSPS) is 30.2. The number of ether oxygens (including phenoxy) is 2. The van der Waals surface area contributed by atoms with Gasteiger partial charge in [-0.25, -0.2) is 9.18 Å². The molecule has 1 aliphatic carbocycles. The Hall–Kier alpha value is -1.42. The predicted molar refractivity (Wildman–Crippen MR) is 53.3 cm³/mol. The van der Waals surface area contributed by atoms with Crippen LogP contribution >= 0.6 is 0 Å². The van der Waals surface area contributed by atoms with Crippen LogP contribution in [0.25, 0.3) is 0 Å². The molecule has 2 unspecified atom stereocenters. The average Bonchev–Trinajstić information content (AvgIpc) is 2.89. The summed E-state index contributed by atoms with van der Waals surface area (Å²) in [6.45, 7) is 0. The Balaban J connectivity index is 2.00. The summed E-state index contributed by atoms with van der Waals surface area (Å²) in [6.07, 6.45) is 0.721. The van der Waals surface area contributed by atoms with E-state index in [1.165, 1.54) is 13.2 Å². The van der Waals surface area contributed by atoms with Crippen molar-refractivity contribution in [2.24, 2.45) is 0 Å². The van der Waals surface area contributed by atoms with Crippen LogP contribution in [-0.2, 0) is 26.3 Å². The number of hydrogen-bond acceptors (Lipinski definition) is 3. The molecule has 1 aromatic carbocycles. The third-order valence-corrected chi connectivity index (χ3v) is 3.43. The maximum absolute atomic E-state index is 13.5. The van der Waals surface area contributed by atoms with Crippen LogP contribution in [-0.4, -0.2) is 19.2 Å². The van der Waals surface area contributed by atoms with Crippen molar-refractivity contribution in [2.75, 3.05) is 7.11 Å². The van der Waals surface area contributed by atoms with Crippen LogP contribution in [0.5, 0.6) is 0 Å². The fourth-order valence-electron chi connectivity index (χ4n) is 2.57. The molecule has 1 aliphatic heterocycles. The van der Waals surface area contributed by atoms with E-state index in [0.717, 1.165) is 5.56 Å². The zero-order valence-corrected chi connectivity index (χ0v) is 8.83. The van der Waals surface area contributed by atoms with Crippen LogP contribution in [0.1, 0.15) is 17.5 Å². The van der Waals surface area contributed by atoms with Gasteiger partial charge in [0.05, 0.1) is 7.11 Å². The highest BCUT2D eigenvalue weighted by atomic mass is 19.1. The number of fused-ring (bicyclic) bond motifs is 2. The van der Waals surface area contributed by atoms with E-state index in [1.54, 1.807) is 6.07 Å². The Morgan fingerprint density at radius 3 is 3.19 bits per heavy atom. The highest BCUT2D eigenvalue weighted by molar-refractivity contribution is 5.80. The number of carbonyl (C=O) groups is 1. The maximum atomic E-state index is 13.5. The van der Waals surface area contributed by atoms with Gasteiger partial charge in [0.15, 0.2) is 6.10 Å². The van der Waals surface area contributed by atoms with Crippen LogP contribution < -0.4 is 0 Å². The highest BCUT2D eigenvalue weighted by Gasteiger charge is 2.65. The minimum absolute atomic E-state index is 0.214. The molecule has 1 heterocycles. The summed E-state index contributed by atoms with van der Waals surface area (Å²) < 4.78 is 23.6. The summed E-state index contributed by atoms with van der Waals surface area (Å²) in [6, 6.07) is 4.92. The standard InChI is InChI=1S/C12H11FO3/c1-15-11(14)10-12(16-10)6-5-7-8(12)3-2-4-9(7)13/h2-4,10H,5-6H2,1H3. The minimum Gasteiger partial charge on any atom is -0.467 e. The van der Waals surface area contributed by atoms with Gasteiger partial charge in [-0.1, -0.05) is 12.1 Å². The Morgan fingerprint density at radius 1 is 1.62 bits per heavy atom. The summed E-state index contributed by atoms with van der Waals surface area (Å²) in [5.74, 6) is -0.592. The minimum atomic E-state index is -0.607. The summed E-state index contributed by atoms with van der Waals surface area (Å²) in [4.78, 5) is 11.4. The fraction of sp³-hybridized carbons (Fsp3) is 0.417. The molecular weight excluding hydrogens is 211 g/mol. The van der Waals surface area contributed by atoms with Crippen LogP contribution in [0.3, 0.4) is 0 Å². The second-order valence-corrected chi connectivity index (χ2v) is 4.18. The Morgan fingerprint density at radius 2 is 2.44 bits per heavy atom. The Bertz CT molecular complexity index is 471. The number of rotatable bonds is 1. The monoisotopic (exact) mass is 222 g/mol. The number of esters is 1. The molecule has 1 aromatic rings. The molecule has 2 aliphatic rings. The molecule has 0 radical (unpaired) electrons. The summed E-state index contributed by atoms with van der Waals surface area (Å²) in [5, 5.41) is 0. The van der Waals surface area contributed by atoms with E-state index >= 15 is 0 Å². The van der Waals surface area contributed by atoms with Gasteiger partial charge in [-0.3, -0.25) is 0 Å². The van der Waals surface area contributed by atoms with Gasteiger partial charge in [0.2, 0.25) is 0 Å². The van der Waals surface area contributed by atoms with Crippen molar-refractivity contribution >= 4 is 5.97 Å². The van der Waals surface area contributed by atoms with Crippen LogP contribution in [0.15, 0.2) is 18.2 Å². The smallest absolute Gasteiger partial charge is 0.338 e. The van der Waals surface area contributed by atoms with Gasteiger partial charge in [-0.2, -0.15) is 0 Å². The number of epoxide rings is 1. The molecular formula is C12H11FO3. The number of carbonyl (C=O) groups excluding carboxylic acids is 1. The first-order chi connectivity index (χ1) is 7.69. The Labute approximate surface area is 92.2 Å². The lowest BCUT2D eigenvalue weighted by molar-refractivity contribution is -0.142. The van der Waals surface area contributed by atoms with Gasteiger partial charge in [-0.05, 0) is 30.0 Å². The molecule has 1 spiro atoms. The first-order valence-corrected chi connectivity index (χ1v) is 5.22. The van der Waals surface area contributed by atoms with Crippen LogP contribution in [0.4, 0.5) is 4.39 Å². The summed E-state index contributed by atoms with van der Waals surface area (Å²) >= 11 is 0. The Kier molecular flexibility index (Phi) is 1.86. The zero-order chi connectivity index (χ0) is 11.3. The predicted octanol–water partition coefficient (Wildman–Crippen LogP) is 1.54. The van der Waals surface area contributed by atoms with Gasteiger partial charge in [0.1, 0.15) is 11.4 Å². The summed E-state index contributed by atoms with van der Waals surface area (Å²) in [7, 11) is 1.33. The summed E-state index contributed by atoms with van der Waals surface area (Å²) in [5.41, 5.74) is 0.877. The molecule has 1 saturated heterocycles. The van der Waals surface area contributed by atoms with Gasteiger partial charge in [0, 0.05) is 0 Å². The molecule has 84 valence electrons. The van der Waals surface area contributed by atoms with Gasteiger partial charge >= 0.3 is 5.97 Å². The lowest BCUT2D eigenvalue weighted by Gasteiger charge is -2.05. The third kappa shape index (κ3) is 1.08. The molecule has 16 heavy (non-hydrogen) atoms. The lowest BCUT2D eigenvalue weighted by Crippen LogP contribution is -2.18. The van der Waals surface area contributed by atoms with Crippen molar-refractivity contribution in [1.29, 1.82) is 0 Å². The molecule has 3 rings (SSSR count). The van der Waals surface area contributed by atoms with Gasteiger partial charge in [-0.15, -0.1) is 0 Å². The SMILES string of the molecule is COC(=O)C1OC12CCc1c(F)cccc12. The number of benzene rings is 1. The first kappa shape index (κ1) is 9.78. The van der Waals surface area contributed by atoms with Gasteiger partial charge in [0.25, 0.3) is 0 Å². The van der Waals surface area contributed by atoms with Crippen molar-refractivity contribution in [3.63, 3.8) is 0 Å². The molecule has 0 bridgehead atoms.